The Balaban J connectivity index is 1.66. The molecule has 0 aliphatic carbocycles. The monoisotopic (exact) mass is 382 g/mol. The first-order valence-corrected chi connectivity index (χ1v) is 9.49. The molecule has 4 heterocycles. The lowest BCUT2D eigenvalue weighted by Crippen LogP contribution is -2.39. The molecule has 1 aromatic carbocycles. The summed E-state index contributed by atoms with van der Waals surface area (Å²) in [6, 6.07) is 7.08. The van der Waals surface area contributed by atoms with Crippen molar-refractivity contribution in [2.75, 3.05) is 62.4 Å². The first-order valence-electron chi connectivity index (χ1n) is 9.49. The minimum atomic E-state index is 0.204. The van der Waals surface area contributed by atoms with Crippen LogP contribution in [0.5, 0.6) is 5.75 Å². The Morgan fingerprint density at radius 2 is 1.61 bits per heavy atom. The summed E-state index contributed by atoms with van der Waals surface area (Å²) in [5, 5.41) is 9.89. The van der Waals surface area contributed by atoms with E-state index >= 15 is 0 Å². The number of hydrogen-bond acceptors (Lipinski definition) is 8. The Bertz CT molecular complexity index is 979. The molecule has 0 atom stereocenters. The summed E-state index contributed by atoms with van der Waals surface area (Å²) in [6.07, 6.45) is 1.74. The van der Waals surface area contributed by atoms with E-state index in [4.69, 9.17) is 19.4 Å². The number of hydrogen-bond donors (Lipinski definition) is 1. The lowest BCUT2D eigenvalue weighted by atomic mass is 10.3. The Kier molecular flexibility index (Phi) is 4.46. The van der Waals surface area contributed by atoms with Crippen LogP contribution in [-0.4, -0.2) is 77.2 Å². The molecule has 0 radical (unpaired) electrons. The zero-order chi connectivity index (χ0) is 18.9. The standard InChI is InChI=1S/C19H22N6O3/c26-15-3-1-2-14(12-15)25-13-20-16-17(23-4-8-27-9-5-23)21-19(22-18(16)25)24-6-10-28-11-7-24/h1-3,12-13,26H,4-11H2. The van der Waals surface area contributed by atoms with Gasteiger partial charge in [-0.05, 0) is 12.1 Å². The van der Waals surface area contributed by atoms with Crippen LogP contribution >= 0.6 is 0 Å². The van der Waals surface area contributed by atoms with E-state index in [1.54, 1.807) is 18.5 Å². The van der Waals surface area contributed by atoms with Crippen LogP contribution in [0.15, 0.2) is 30.6 Å². The van der Waals surface area contributed by atoms with Crippen LogP contribution in [0.25, 0.3) is 16.9 Å². The van der Waals surface area contributed by atoms with Crippen molar-refractivity contribution < 1.29 is 14.6 Å². The number of aromatic nitrogens is 4. The number of phenols is 1. The molecule has 146 valence electrons. The highest BCUT2D eigenvalue weighted by atomic mass is 16.5. The molecular formula is C19H22N6O3. The predicted molar refractivity (Wildman–Crippen MR) is 104 cm³/mol. The summed E-state index contributed by atoms with van der Waals surface area (Å²) in [5.41, 5.74) is 2.29. The summed E-state index contributed by atoms with van der Waals surface area (Å²) in [6.45, 7) is 5.74. The molecule has 2 aliphatic heterocycles. The molecule has 2 fully saturated rings. The third-order valence-corrected chi connectivity index (χ3v) is 5.08. The van der Waals surface area contributed by atoms with E-state index in [-0.39, 0.29) is 5.75 Å². The van der Waals surface area contributed by atoms with E-state index in [0.717, 1.165) is 48.8 Å². The number of anilines is 2. The normalized spacial score (nSPS) is 18.0. The van der Waals surface area contributed by atoms with Gasteiger partial charge in [-0.1, -0.05) is 6.07 Å². The molecule has 0 bridgehead atoms. The second kappa shape index (κ2) is 7.25. The summed E-state index contributed by atoms with van der Waals surface area (Å²) >= 11 is 0. The van der Waals surface area contributed by atoms with E-state index in [9.17, 15) is 5.11 Å². The van der Waals surface area contributed by atoms with Crippen LogP contribution in [0.1, 0.15) is 0 Å². The zero-order valence-electron chi connectivity index (χ0n) is 15.5. The molecule has 0 amide bonds. The molecule has 0 unspecified atom stereocenters. The number of imidazole rings is 1. The number of phenolic OH excluding ortho intramolecular Hbond substituents is 1. The highest BCUT2D eigenvalue weighted by Gasteiger charge is 2.23. The lowest BCUT2D eigenvalue weighted by Gasteiger charge is -2.30. The molecule has 9 nitrogen and oxygen atoms in total. The van der Waals surface area contributed by atoms with E-state index < -0.39 is 0 Å². The van der Waals surface area contributed by atoms with Crippen molar-refractivity contribution in [3.63, 3.8) is 0 Å². The summed E-state index contributed by atoms with van der Waals surface area (Å²) in [4.78, 5) is 18.7. The molecule has 9 heteroatoms. The SMILES string of the molecule is Oc1cccc(-n2cnc3c(N4CCOCC4)nc(N4CCOCC4)nc32)c1. The number of nitrogens with zero attached hydrogens (tertiary/aromatic N) is 6. The first-order chi connectivity index (χ1) is 13.8. The summed E-state index contributed by atoms with van der Waals surface area (Å²) < 4.78 is 12.9. The largest absolute Gasteiger partial charge is 0.508 e. The number of fused-ring (bicyclic) bond motifs is 1. The fourth-order valence-corrected chi connectivity index (χ4v) is 3.61. The van der Waals surface area contributed by atoms with Gasteiger partial charge in [0.1, 0.15) is 12.1 Å². The summed E-state index contributed by atoms with van der Waals surface area (Å²) in [7, 11) is 0. The Labute approximate surface area is 162 Å². The predicted octanol–water partition coefficient (Wildman–Crippen LogP) is 1.19. The van der Waals surface area contributed by atoms with Gasteiger partial charge in [-0.3, -0.25) is 4.57 Å². The molecule has 5 rings (SSSR count). The van der Waals surface area contributed by atoms with Crippen LogP contribution in [0.2, 0.25) is 0 Å². The second-order valence-corrected chi connectivity index (χ2v) is 6.85. The second-order valence-electron chi connectivity index (χ2n) is 6.85. The maximum atomic E-state index is 9.89. The van der Waals surface area contributed by atoms with Crippen molar-refractivity contribution in [1.29, 1.82) is 0 Å². The average molecular weight is 382 g/mol. The van der Waals surface area contributed by atoms with Gasteiger partial charge < -0.3 is 24.4 Å². The minimum Gasteiger partial charge on any atom is -0.508 e. The van der Waals surface area contributed by atoms with E-state index in [2.05, 4.69) is 14.8 Å². The third kappa shape index (κ3) is 3.12. The average Bonchev–Trinajstić information content (AvgIpc) is 3.18. The van der Waals surface area contributed by atoms with Gasteiger partial charge in [-0.2, -0.15) is 9.97 Å². The van der Waals surface area contributed by atoms with Gasteiger partial charge in [-0.15, -0.1) is 0 Å². The van der Waals surface area contributed by atoms with Gasteiger partial charge >= 0.3 is 0 Å². The minimum absolute atomic E-state index is 0.204. The molecule has 2 saturated heterocycles. The van der Waals surface area contributed by atoms with E-state index in [1.807, 2.05) is 16.7 Å². The number of aromatic hydroxyl groups is 1. The smallest absolute Gasteiger partial charge is 0.229 e. The maximum Gasteiger partial charge on any atom is 0.229 e. The molecule has 3 aromatic rings. The topological polar surface area (TPSA) is 88.8 Å². The van der Waals surface area contributed by atoms with Crippen molar-refractivity contribution in [2.45, 2.75) is 0 Å². The summed E-state index contributed by atoms with van der Waals surface area (Å²) in [5.74, 6) is 1.71. The molecule has 28 heavy (non-hydrogen) atoms. The zero-order valence-corrected chi connectivity index (χ0v) is 15.5. The maximum absolute atomic E-state index is 9.89. The number of morpholine rings is 2. The van der Waals surface area contributed by atoms with Crippen molar-refractivity contribution in [3.05, 3.63) is 30.6 Å². The van der Waals surface area contributed by atoms with Crippen LogP contribution in [0.4, 0.5) is 11.8 Å². The van der Waals surface area contributed by atoms with Gasteiger partial charge in [0.25, 0.3) is 0 Å². The van der Waals surface area contributed by atoms with Gasteiger partial charge in [0, 0.05) is 32.2 Å². The van der Waals surface area contributed by atoms with Crippen molar-refractivity contribution in [2.24, 2.45) is 0 Å². The molecule has 0 spiro atoms. The fraction of sp³-hybridized carbons (Fsp3) is 0.421. The van der Waals surface area contributed by atoms with Crippen LogP contribution < -0.4 is 9.80 Å². The Morgan fingerprint density at radius 1 is 0.893 bits per heavy atom. The van der Waals surface area contributed by atoms with Gasteiger partial charge in [-0.25, -0.2) is 4.98 Å². The van der Waals surface area contributed by atoms with Crippen LogP contribution in [0.3, 0.4) is 0 Å². The van der Waals surface area contributed by atoms with Gasteiger partial charge in [0.2, 0.25) is 5.95 Å². The number of benzene rings is 1. The first kappa shape index (κ1) is 17.2. The molecule has 2 aromatic heterocycles. The van der Waals surface area contributed by atoms with Gasteiger partial charge in [0.15, 0.2) is 17.0 Å². The Hall–Kier alpha value is -2.91. The van der Waals surface area contributed by atoms with Crippen molar-refractivity contribution in [3.8, 4) is 11.4 Å². The quantitative estimate of drug-likeness (QED) is 0.723. The van der Waals surface area contributed by atoms with Crippen LogP contribution in [-0.2, 0) is 9.47 Å². The third-order valence-electron chi connectivity index (χ3n) is 5.08. The highest BCUT2D eigenvalue weighted by molar-refractivity contribution is 5.86. The fourth-order valence-electron chi connectivity index (χ4n) is 3.61. The number of rotatable bonds is 3. The van der Waals surface area contributed by atoms with Crippen LogP contribution in [0, 0.1) is 0 Å². The van der Waals surface area contributed by atoms with Gasteiger partial charge in [0.05, 0.1) is 32.1 Å². The Morgan fingerprint density at radius 3 is 2.32 bits per heavy atom. The van der Waals surface area contributed by atoms with E-state index in [1.165, 1.54) is 0 Å². The molecule has 0 saturated carbocycles. The van der Waals surface area contributed by atoms with Crippen molar-refractivity contribution in [1.82, 2.24) is 19.5 Å². The number of ether oxygens (including phenoxy) is 2. The van der Waals surface area contributed by atoms with E-state index in [0.29, 0.717) is 32.4 Å². The molecule has 2 aliphatic rings. The molecule has 1 N–H and O–H groups in total. The van der Waals surface area contributed by atoms with Crippen molar-refractivity contribution >= 4 is 22.9 Å². The highest BCUT2D eigenvalue weighted by Crippen LogP contribution is 2.29. The lowest BCUT2D eigenvalue weighted by molar-refractivity contribution is 0.121. The molecular weight excluding hydrogens is 360 g/mol.